The highest BCUT2D eigenvalue weighted by Gasteiger charge is 2.29. The summed E-state index contributed by atoms with van der Waals surface area (Å²) in [6.07, 6.45) is 2.66. The van der Waals surface area contributed by atoms with Crippen molar-refractivity contribution in [2.45, 2.75) is 19.8 Å². The standard InChI is InChI=1S/C26H26ClN3O5/c1-2-34-25(32)19-12-14-29(15-13-19)23(31)17-35-26(33)22-16-30(21-6-4-3-5-7-21)28-24(22)18-8-10-20(27)11-9-18/h3-11,16,19H,2,12-15,17H2,1H3. The van der Waals surface area contributed by atoms with Gasteiger partial charge in [-0.05, 0) is 44.0 Å². The Morgan fingerprint density at radius 2 is 1.69 bits per heavy atom. The zero-order valence-corrected chi connectivity index (χ0v) is 20.1. The van der Waals surface area contributed by atoms with E-state index in [1.54, 1.807) is 47.0 Å². The van der Waals surface area contributed by atoms with Crippen LogP contribution in [-0.2, 0) is 19.1 Å². The highest BCUT2D eigenvalue weighted by molar-refractivity contribution is 6.30. The molecule has 2 aromatic carbocycles. The lowest BCUT2D eigenvalue weighted by Crippen LogP contribution is -2.42. The fraction of sp³-hybridized carbons (Fsp3) is 0.308. The molecule has 8 nitrogen and oxygen atoms in total. The molecule has 35 heavy (non-hydrogen) atoms. The van der Waals surface area contributed by atoms with Crippen LogP contribution in [0.2, 0.25) is 5.02 Å². The summed E-state index contributed by atoms with van der Waals surface area (Å²) in [5.41, 5.74) is 2.15. The van der Waals surface area contributed by atoms with E-state index in [1.807, 2.05) is 30.3 Å². The lowest BCUT2D eigenvalue weighted by atomic mass is 9.97. The molecular weight excluding hydrogens is 470 g/mol. The van der Waals surface area contributed by atoms with Gasteiger partial charge in [-0.2, -0.15) is 5.10 Å². The Labute approximate surface area is 208 Å². The molecule has 0 spiro atoms. The van der Waals surface area contributed by atoms with Crippen molar-refractivity contribution in [2.24, 2.45) is 5.92 Å². The first-order valence-electron chi connectivity index (χ1n) is 11.5. The number of piperidine rings is 1. The molecule has 0 radical (unpaired) electrons. The number of amides is 1. The third-order valence-electron chi connectivity index (χ3n) is 5.87. The second-order valence-corrected chi connectivity index (χ2v) is 8.60. The van der Waals surface area contributed by atoms with Crippen molar-refractivity contribution in [1.29, 1.82) is 0 Å². The van der Waals surface area contributed by atoms with Crippen LogP contribution in [0.15, 0.2) is 60.8 Å². The maximum atomic E-state index is 13.0. The number of hydrogen-bond donors (Lipinski definition) is 0. The van der Waals surface area contributed by atoms with E-state index in [4.69, 9.17) is 21.1 Å². The van der Waals surface area contributed by atoms with Crippen molar-refractivity contribution in [3.8, 4) is 16.9 Å². The molecule has 1 saturated heterocycles. The van der Waals surface area contributed by atoms with Gasteiger partial charge in [0.05, 0.1) is 18.2 Å². The van der Waals surface area contributed by atoms with Crippen LogP contribution in [0.25, 0.3) is 16.9 Å². The average molecular weight is 496 g/mol. The van der Waals surface area contributed by atoms with Crippen molar-refractivity contribution in [2.75, 3.05) is 26.3 Å². The molecule has 1 aromatic heterocycles. The van der Waals surface area contributed by atoms with Gasteiger partial charge in [-0.1, -0.05) is 41.9 Å². The molecule has 0 N–H and O–H groups in total. The Balaban J connectivity index is 1.45. The van der Waals surface area contributed by atoms with Crippen LogP contribution in [0.3, 0.4) is 0 Å². The number of benzene rings is 2. The maximum absolute atomic E-state index is 13.0. The van der Waals surface area contributed by atoms with Crippen LogP contribution >= 0.6 is 11.6 Å². The van der Waals surface area contributed by atoms with Gasteiger partial charge >= 0.3 is 11.9 Å². The number of esters is 2. The summed E-state index contributed by atoms with van der Waals surface area (Å²) in [7, 11) is 0. The van der Waals surface area contributed by atoms with Crippen LogP contribution in [-0.4, -0.2) is 58.8 Å². The molecule has 3 aromatic rings. The van der Waals surface area contributed by atoms with Gasteiger partial charge in [0.1, 0.15) is 11.3 Å². The molecule has 0 unspecified atom stereocenters. The quantitative estimate of drug-likeness (QED) is 0.457. The van der Waals surface area contributed by atoms with E-state index in [2.05, 4.69) is 5.10 Å². The van der Waals surface area contributed by atoms with Gasteiger partial charge < -0.3 is 14.4 Å². The van der Waals surface area contributed by atoms with E-state index in [0.717, 1.165) is 5.69 Å². The third-order valence-corrected chi connectivity index (χ3v) is 6.12. The summed E-state index contributed by atoms with van der Waals surface area (Å²) >= 11 is 6.02. The normalized spacial score (nSPS) is 13.9. The molecule has 2 heterocycles. The molecule has 1 aliphatic heterocycles. The molecular formula is C26H26ClN3O5. The summed E-state index contributed by atoms with van der Waals surface area (Å²) < 4.78 is 12.1. The lowest BCUT2D eigenvalue weighted by molar-refractivity contribution is -0.151. The van der Waals surface area contributed by atoms with Gasteiger partial charge in [0.25, 0.3) is 5.91 Å². The van der Waals surface area contributed by atoms with Crippen LogP contribution in [0.4, 0.5) is 0 Å². The molecule has 1 amide bonds. The fourth-order valence-corrected chi connectivity index (χ4v) is 4.10. The number of halogens is 1. The Kier molecular flexibility index (Phi) is 7.82. The van der Waals surface area contributed by atoms with Crippen LogP contribution in [0, 0.1) is 5.92 Å². The van der Waals surface area contributed by atoms with Crippen molar-refractivity contribution in [1.82, 2.24) is 14.7 Å². The Hall–Kier alpha value is -3.65. The summed E-state index contributed by atoms with van der Waals surface area (Å²) in [6, 6.07) is 16.4. The Morgan fingerprint density at radius 1 is 1.00 bits per heavy atom. The Bertz CT molecular complexity index is 1190. The van der Waals surface area contributed by atoms with Gasteiger partial charge in [-0.15, -0.1) is 0 Å². The summed E-state index contributed by atoms with van der Waals surface area (Å²) in [6.45, 7) is 2.56. The minimum Gasteiger partial charge on any atom is -0.466 e. The molecule has 1 fully saturated rings. The first-order chi connectivity index (χ1) is 17.0. The highest BCUT2D eigenvalue weighted by Crippen LogP contribution is 2.26. The topological polar surface area (TPSA) is 90.7 Å². The maximum Gasteiger partial charge on any atom is 0.342 e. The smallest absolute Gasteiger partial charge is 0.342 e. The number of para-hydroxylation sites is 1. The molecule has 0 aliphatic carbocycles. The number of carbonyl (C=O) groups excluding carboxylic acids is 3. The van der Waals surface area contributed by atoms with Crippen molar-refractivity contribution in [3.05, 3.63) is 71.4 Å². The number of ether oxygens (including phenoxy) is 2. The SMILES string of the molecule is CCOC(=O)C1CCN(C(=O)COC(=O)c2cn(-c3ccccc3)nc2-c2ccc(Cl)cc2)CC1. The molecule has 0 atom stereocenters. The number of hydrogen-bond acceptors (Lipinski definition) is 6. The van der Waals surface area contributed by atoms with Gasteiger partial charge in [0.15, 0.2) is 6.61 Å². The first kappa shape index (κ1) is 24.5. The summed E-state index contributed by atoms with van der Waals surface area (Å²) in [5, 5.41) is 5.16. The number of nitrogens with zero attached hydrogens (tertiary/aromatic N) is 3. The van der Waals surface area contributed by atoms with E-state index in [0.29, 0.717) is 48.8 Å². The lowest BCUT2D eigenvalue weighted by Gasteiger charge is -2.30. The van der Waals surface area contributed by atoms with Gasteiger partial charge in [-0.3, -0.25) is 9.59 Å². The second kappa shape index (κ2) is 11.2. The van der Waals surface area contributed by atoms with E-state index in [9.17, 15) is 14.4 Å². The zero-order chi connectivity index (χ0) is 24.8. The number of aromatic nitrogens is 2. The molecule has 0 bridgehead atoms. The molecule has 182 valence electrons. The van der Waals surface area contributed by atoms with Crippen LogP contribution in [0.1, 0.15) is 30.1 Å². The molecule has 1 aliphatic rings. The predicted octanol–water partition coefficient (Wildman–Crippen LogP) is 4.15. The van der Waals surface area contributed by atoms with Gasteiger partial charge in [0, 0.05) is 29.9 Å². The van der Waals surface area contributed by atoms with Crippen molar-refractivity contribution in [3.63, 3.8) is 0 Å². The number of carbonyl (C=O) groups is 3. The minimum absolute atomic E-state index is 0.202. The van der Waals surface area contributed by atoms with Crippen molar-refractivity contribution >= 4 is 29.4 Å². The zero-order valence-electron chi connectivity index (χ0n) is 19.4. The summed E-state index contributed by atoms with van der Waals surface area (Å²) in [5.74, 6) is -1.38. The number of rotatable bonds is 7. The molecule has 4 rings (SSSR count). The van der Waals surface area contributed by atoms with Crippen LogP contribution in [0.5, 0.6) is 0 Å². The fourth-order valence-electron chi connectivity index (χ4n) is 3.98. The second-order valence-electron chi connectivity index (χ2n) is 8.16. The van der Waals surface area contributed by atoms with Gasteiger partial charge in [-0.25, -0.2) is 9.48 Å². The summed E-state index contributed by atoms with van der Waals surface area (Å²) in [4.78, 5) is 39.2. The van der Waals surface area contributed by atoms with E-state index in [-0.39, 0.29) is 30.0 Å². The van der Waals surface area contributed by atoms with Crippen LogP contribution < -0.4 is 0 Å². The minimum atomic E-state index is -0.646. The first-order valence-corrected chi connectivity index (χ1v) is 11.9. The molecule has 0 saturated carbocycles. The number of likely N-dealkylation sites (tertiary alicyclic amines) is 1. The third kappa shape index (κ3) is 5.89. The van der Waals surface area contributed by atoms with E-state index in [1.165, 1.54) is 0 Å². The van der Waals surface area contributed by atoms with Gasteiger partial charge in [0.2, 0.25) is 0 Å². The largest absolute Gasteiger partial charge is 0.466 e. The highest BCUT2D eigenvalue weighted by atomic mass is 35.5. The predicted molar refractivity (Wildman–Crippen MR) is 130 cm³/mol. The average Bonchev–Trinajstić information content (AvgIpc) is 3.34. The van der Waals surface area contributed by atoms with Crippen molar-refractivity contribution < 1.29 is 23.9 Å². The monoisotopic (exact) mass is 495 g/mol. The Morgan fingerprint density at radius 3 is 2.34 bits per heavy atom. The van der Waals surface area contributed by atoms with E-state index < -0.39 is 5.97 Å². The van der Waals surface area contributed by atoms with E-state index >= 15 is 0 Å². The molecule has 9 heteroatoms.